The van der Waals surface area contributed by atoms with Crippen LogP contribution in [-0.2, 0) is 9.53 Å². The maximum atomic E-state index is 11.1. The number of allylic oxidation sites excluding steroid dienone is 2. The number of aliphatic hydroxyl groups excluding tert-OH is 2. The van der Waals surface area contributed by atoms with E-state index in [-0.39, 0.29) is 34.7 Å². The third kappa shape index (κ3) is 6.33. The quantitative estimate of drug-likeness (QED) is 0.248. The van der Waals surface area contributed by atoms with Gasteiger partial charge in [-0.3, -0.25) is 4.79 Å². The van der Waals surface area contributed by atoms with Crippen molar-refractivity contribution >= 4 is 17.6 Å². The first kappa shape index (κ1) is 22.4. The number of alkyl halides is 1. The monoisotopic (exact) mass is 398 g/mol. The Balaban J connectivity index is 1.79. The molecule has 2 aliphatic rings. The smallest absolute Gasteiger partial charge is 0.305 e. The molecule has 5 heteroatoms. The highest BCUT2D eigenvalue weighted by molar-refractivity contribution is 6.21. The molecule has 0 amide bonds. The van der Waals surface area contributed by atoms with E-state index in [1.165, 1.54) is 13.5 Å². The SMILES string of the molecule is COC(=O)CCCC=CC[C@@H]1[C@@H](C=CCC(O)C2(C)CCC2)[C@H](O)C[C@H]1Cl. The number of methoxy groups -OCH3 is 1. The van der Waals surface area contributed by atoms with Gasteiger partial charge in [0, 0.05) is 17.7 Å². The van der Waals surface area contributed by atoms with Gasteiger partial charge in [-0.1, -0.05) is 37.6 Å². The molecule has 2 saturated carbocycles. The maximum Gasteiger partial charge on any atom is 0.305 e. The molecule has 5 atom stereocenters. The molecule has 2 N–H and O–H groups in total. The van der Waals surface area contributed by atoms with Crippen LogP contribution in [-0.4, -0.2) is 40.9 Å². The van der Waals surface area contributed by atoms with Crippen molar-refractivity contribution in [3.63, 3.8) is 0 Å². The van der Waals surface area contributed by atoms with Gasteiger partial charge in [0.1, 0.15) is 0 Å². The summed E-state index contributed by atoms with van der Waals surface area (Å²) >= 11 is 6.48. The third-order valence-electron chi connectivity index (χ3n) is 6.44. The van der Waals surface area contributed by atoms with Gasteiger partial charge >= 0.3 is 5.97 Å². The lowest BCUT2D eigenvalue weighted by molar-refractivity contribution is -0.140. The summed E-state index contributed by atoms with van der Waals surface area (Å²) in [6.07, 6.45) is 15.1. The number of esters is 1. The predicted octanol–water partition coefficient (Wildman–Crippen LogP) is 4.38. The van der Waals surface area contributed by atoms with Gasteiger partial charge in [0.2, 0.25) is 0 Å². The Morgan fingerprint density at radius 3 is 2.70 bits per heavy atom. The first-order valence-electron chi connectivity index (χ1n) is 10.3. The van der Waals surface area contributed by atoms with Crippen molar-refractivity contribution in [3.8, 4) is 0 Å². The van der Waals surface area contributed by atoms with Crippen LogP contribution in [0.25, 0.3) is 0 Å². The van der Waals surface area contributed by atoms with Crippen molar-refractivity contribution in [3.05, 3.63) is 24.3 Å². The highest BCUT2D eigenvalue weighted by Crippen LogP contribution is 2.44. The molecule has 0 bridgehead atoms. The minimum atomic E-state index is -0.419. The highest BCUT2D eigenvalue weighted by Gasteiger charge is 2.40. The number of carbonyl (C=O) groups excluding carboxylic acids is 1. The number of halogens is 1. The van der Waals surface area contributed by atoms with Crippen LogP contribution in [0, 0.1) is 17.3 Å². The average Bonchev–Trinajstić information content (AvgIpc) is 2.88. The summed E-state index contributed by atoms with van der Waals surface area (Å²) in [5, 5.41) is 20.7. The lowest BCUT2D eigenvalue weighted by Gasteiger charge is -2.42. The van der Waals surface area contributed by atoms with Gasteiger partial charge in [-0.15, -0.1) is 11.6 Å². The minimum Gasteiger partial charge on any atom is -0.469 e. The number of rotatable bonds is 10. The predicted molar refractivity (Wildman–Crippen MR) is 109 cm³/mol. The van der Waals surface area contributed by atoms with Gasteiger partial charge in [-0.05, 0) is 56.3 Å². The molecule has 1 unspecified atom stereocenters. The van der Waals surface area contributed by atoms with Gasteiger partial charge in [-0.2, -0.15) is 0 Å². The van der Waals surface area contributed by atoms with E-state index in [2.05, 4.69) is 29.9 Å². The normalized spacial score (nSPS) is 31.3. The van der Waals surface area contributed by atoms with Gasteiger partial charge in [0.15, 0.2) is 0 Å². The Bertz CT molecular complexity index is 526. The zero-order valence-corrected chi connectivity index (χ0v) is 17.4. The standard InChI is InChI=1S/C22H35ClO4/c1-22(13-8-14-22)20(25)11-7-10-17-16(18(23)15-19(17)24)9-5-3-4-6-12-21(26)27-2/h3,5,7,10,16-20,24-25H,4,6,8-9,11-15H2,1-2H3/t16-,17-,18-,19-,20?/m1/s1. The van der Waals surface area contributed by atoms with Crippen LogP contribution in [0.5, 0.6) is 0 Å². The van der Waals surface area contributed by atoms with Crippen molar-refractivity contribution in [1.29, 1.82) is 0 Å². The lowest BCUT2D eigenvalue weighted by Crippen LogP contribution is -2.38. The van der Waals surface area contributed by atoms with Gasteiger partial charge < -0.3 is 14.9 Å². The molecule has 0 spiro atoms. The van der Waals surface area contributed by atoms with E-state index >= 15 is 0 Å². The molecule has 0 aromatic carbocycles. The molecule has 2 aliphatic carbocycles. The van der Waals surface area contributed by atoms with Crippen molar-refractivity contribution in [2.45, 2.75) is 82.3 Å². The molecule has 2 fully saturated rings. The number of ether oxygens (including phenoxy) is 1. The first-order chi connectivity index (χ1) is 12.9. The van der Waals surface area contributed by atoms with E-state index < -0.39 is 6.10 Å². The Morgan fingerprint density at radius 2 is 2.07 bits per heavy atom. The molecule has 0 heterocycles. The molecule has 0 aromatic heterocycles. The summed E-state index contributed by atoms with van der Waals surface area (Å²) in [6, 6.07) is 0. The second kappa shape index (κ2) is 10.6. The fourth-order valence-electron chi connectivity index (χ4n) is 4.22. The second-order valence-corrected chi connectivity index (χ2v) is 8.98. The fourth-order valence-corrected chi connectivity index (χ4v) is 4.67. The summed E-state index contributed by atoms with van der Waals surface area (Å²) in [6.45, 7) is 2.15. The van der Waals surface area contributed by atoms with Crippen LogP contribution in [0.2, 0.25) is 0 Å². The van der Waals surface area contributed by atoms with E-state index in [4.69, 9.17) is 11.6 Å². The van der Waals surface area contributed by atoms with Crippen molar-refractivity contribution in [2.24, 2.45) is 17.3 Å². The average molecular weight is 399 g/mol. The van der Waals surface area contributed by atoms with E-state index in [1.54, 1.807) is 0 Å². The zero-order chi connectivity index (χ0) is 19.9. The van der Waals surface area contributed by atoms with Crippen molar-refractivity contribution < 1.29 is 19.7 Å². The number of hydrogen-bond acceptors (Lipinski definition) is 4. The third-order valence-corrected chi connectivity index (χ3v) is 6.94. The van der Waals surface area contributed by atoms with E-state index in [0.717, 1.165) is 32.1 Å². The Labute approximate surface area is 168 Å². The maximum absolute atomic E-state index is 11.1. The molecule has 4 nitrogen and oxygen atoms in total. The summed E-state index contributed by atoms with van der Waals surface area (Å²) in [5.41, 5.74) is 0.0694. The van der Waals surface area contributed by atoms with Crippen LogP contribution in [0.1, 0.15) is 64.7 Å². The van der Waals surface area contributed by atoms with Crippen molar-refractivity contribution in [1.82, 2.24) is 0 Å². The van der Waals surface area contributed by atoms with Crippen LogP contribution < -0.4 is 0 Å². The molecule has 0 radical (unpaired) electrons. The lowest BCUT2D eigenvalue weighted by atomic mass is 9.66. The Morgan fingerprint density at radius 1 is 1.33 bits per heavy atom. The van der Waals surface area contributed by atoms with E-state index in [1.807, 2.05) is 6.08 Å². The highest BCUT2D eigenvalue weighted by atomic mass is 35.5. The number of aliphatic hydroxyl groups is 2. The van der Waals surface area contributed by atoms with E-state index in [9.17, 15) is 15.0 Å². The number of carbonyl (C=O) groups is 1. The summed E-state index contributed by atoms with van der Waals surface area (Å²) < 4.78 is 4.63. The molecule has 154 valence electrons. The van der Waals surface area contributed by atoms with Crippen LogP contribution in [0.3, 0.4) is 0 Å². The summed E-state index contributed by atoms with van der Waals surface area (Å²) in [4.78, 5) is 11.1. The minimum absolute atomic E-state index is 0.0358. The van der Waals surface area contributed by atoms with Gasteiger partial charge in [-0.25, -0.2) is 0 Å². The van der Waals surface area contributed by atoms with E-state index in [0.29, 0.717) is 19.3 Å². The Hall–Kier alpha value is -0.840. The topological polar surface area (TPSA) is 66.8 Å². The summed E-state index contributed by atoms with van der Waals surface area (Å²) in [5.74, 6) is 0.0612. The fraction of sp³-hybridized carbons (Fsp3) is 0.773. The Kier molecular flexibility index (Phi) is 8.84. The zero-order valence-electron chi connectivity index (χ0n) is 16.6. The molecular formula is C22H35ClO4. The molecule has 0 saturated heterocycles. The molecular weight excluding hydrogens is 364 g/mol. The van der Waals surface area contributed by atoms with Crippen LogP contribution in [0.4, 0.5) is 0 Å². The number of unbranched alkanes of at least 4 members (excludes halogenated alkanes) is 1. The van der Waals surface area contributed by atoms with Crippen LogP contribution >= 0.6 is 11.6 Å². The molecule has 0 aliphatic heterocycles. The molecule has 2 rings (SSSR count). The first-order valence-corrected chi connectivity index (χ1v) is 10.7. The van der Waals surface area contributed by atoms with Crippen LogP contribution in [0.15, 0.2) is 24.3 Å². The molecule has 27 heavy (non-hydrogen) atoms. The van der Waals surface area contributed by atoms with Gasteiger partial charge in [0.05, 0.1) is 19.3 Å². The van der Waals surface area contributed by atoms with Crippen molar-refractivity contribution in [2.75, 3.05) is 7.11 Å². The summed E-state index contributed by atoms with van der Waals surface area (Å²) in [7, 11) is 1.41. The molecule has 0 aromatic rings. The second-order valence-electron chi connectivity index (χ2n) is 8.42. The number of hydrogen-bond donors (Lipinski definition) is 2. The largest absolute Gasteiger partial charge is 0.469 e. The van der Waals surface area contributed by atoms with Gasteiger partial charge in [0.25, 0.3) is 0 Å².